The normalized spacial score (nSPS) is 12.1. The molecule has 2 rings (SSSR count). The first kappa shape index (κ1) is 15.7. The summed E-state index contributed by atoms with van der Waals surface area (Å²) in [7, 11) is 1.39. The van der Waals surface area contributed by atoms with Crippen LogP contribution in [0.15, 0.2) is 11.2 Å². The van der Waals surface area contributed by atoms with Gasteiger partial charge in [-0.25, -0.2) is 10.1 Å². The number of nitrogens with one attached hydrogen (secondary N) is 2. The van der Waals surface area contributed by atoms with Crippen molar-refractivity contribution in [1.29, 1.82) is 0 Å². The second-order valence-electron chi connectivity index (χ2n) is 4.28. The average molecular weight is 318 g/mol. The number of rotatable bonds is 3. The number of aromatic nitrogens is 4. The van der Waals surface area contributed by atoms with Crippen molar-refractivity contribution in [3.8, 4) is 0 Å². The van der Waals surface area contributed by atoms with Crippen LogP contribution in [0.3, 0.4) is 0 Å². The molecule has 0 saturated heterocycles. The van der Waals surface area contributed by atoms with Crippen LogP contribution in [0.4, 0.5) is 17.6 Å². The van der Waals surface area contributed by atoms with Crippen LogP contribution in [-0.4, -0.2) is 32.1 Å². The highest BCUT2D eigenvalue weighted by molar-refractivity contribution is 5.93. The number of nitrogens with zero attached hydrogens (tertiary/aromatic N) is 4. The molecule has 2 N–H and O–H groups in total. The Balaban J connectivity index is 2.07. The molecule has 2 aromatic rings. The van der Waals surface area contributed by atoms with Gasteiger partial charge in [-0.2, -0.15) is 32.9 Å². The van der Waals surface area contributed by atoms with Gasteiger partial charge in [-0.3, -0.25) is 9.89 Å². The van der Waals surface area contributed by atoms with E-state index in [2.05, 4.69) is 15.3 Å². The van der Waals surface area contributed by atoms with E-state index in [9.17, 15) is 22.4 Å². The zero-order chi connectivity index (χ0) is 16.5. The van der Waals surface area contributed by atoms with Crippen molar-refractivity contribution < 1.29 is 22.4 Å². The van der Waals surface area contributed by atoms with E-state index in [1.54, 1.807) is 5.10 Å². The van der Waals surface area contributed by atoms with Gasteiger partial charge in [0.25, 0.3) is 5.91 Å². The fourth-order valence-electron chi connectivity index (χ4n) is 1.59. The van der Waals surface area contributed by atoms with Crippen LogP contribution in [-0.2, 0) is 13.2 Å². The lowest BCUT2D eigenvalue weighted by Gasteiger charge is -1.99. The molecule has 0 aliphatic carbocycles. The smallest absolute Gasteiger partial charge is 0.273 e. The Morgan fingerprint density at radius 3 is 2.68 bits per heavy atom. The van der Waals surface area contributed by atoms with Gasteiger partial charge in [0.15, 0.2) is 5.69 Å². The molecule has 0 aromatic carbocycles. The second-order valence-corrected chi connectivity index (χ2v) is 4.28. The van der Waals surface area contributed by atoms with Crippen LogP contribution in [0.2, 0.25) is 0 Å². The van der Waals surface area contributed by atoms with Gasteiger partial charge >= 0.3 is 6.18 Å². The van der Waals surface area contributed by atoms with Crippen molar-refractivity contribution in [1.82, 2.24) is 25.4 Å². The van der Waals surface area contributed by atoms with Crippen molar-refractivity contribution in [2.75, 3.05) is 0 Å². The number of carbonyl (C=O) groups is 1. The lowest BCUT2D eigenvalue weighted by atomic mass is 10.3. The molecule has 0 radical (unpaired) electrons. The summed E-state index contributed by atoms with van der Waals surface area (Å²) < 4.78 is 51.6. The number of alkyl halides is 3. The van der Waals surface area contributed by atoms with Crippen LogP contribution in [0, 0.1) is 12.9 Å². The van der Waals surface area contributed by atoms with E-state index in [-0.39, 0.29) is 5.56 Å². The van der Waals surface area contributed by atoms with Gasteiger partial charge in [0, 0.05) is 13.1 Å². The zero-order valence-electron chi connectivity index (χ0n) is 11.4. The first-order chi connectivity index (χ1) is 10.2. The van der Waals surface area contributed by atoms with Crippen LogP contribution < -0.4 is 5.43 Å². The van der Waals surface area contributed by atoms with Crippen LogP contribution in [0.25, 0.3) is 0 Å². The third-order valence-electron chi connectivity index (χ3n) is 2.67. The number of hydrogen-bond acceptors (Lipinski definition) is 4. The molecular weight excluding hydrogens is 308 g/mol. The third-order valence-corrected chi connectivity index (χ3v) is 2.67. The first-order valence-corrected chi connectivity index (χ1v) is 5.85. The molecule has 0 unspecified atom stereocenters. The Bertz CT molecular complexity index is 730. The summed E-state index contributed by atoms with van der Waals surface area (Å²) in [6.45, 7) is 1.54. The van der Waals surface area contributed by atoms with Crippen LogP contribution in [0.1, 0.15) is 27.4 Å². The highest BCUT2D eigenvalue weighted by Crippen LogP contribution is 2.27. The summed E-state index contributed by atoms with van der Waals surface area (Å²) in [6, 6.07) is 0.542. The van der Waals surface area contributed by atoms with E-state index in [0.29, 0.717) is 11.8 Å². The van der Waals surface area contributed by atoms with E-state index in [4.69, 9.17) is 0 Å². The minimum Gasteiger partial charge on any atom is -0.273 e. The predicted molar refractivity (Wildman–Crippen MR) is 66.6 cm³/mol. The Morgan fingerprint density at radius 1 is 1.50 bits per heavy atom. The molecule has 7 nitrogen and oxygen atoms in total. The van der Waals surface area contributed by atoms with Gasteiger partial charge < -0.3 is 0 Å². The quantitative estimate of drug-likeness (QED) is 0.509. The van der Waals surface area contributed by atoms with Crippen molar-refractivity contribution in [2.24, 2.45) is 12.1 Å². The molecule has 0 atom stereocenters. The predicted octanol–water partition coefficient (Wildman–Crippen LogP) is 1.37. The maximum absolute atomic E-state index is 13.6. The molecule has 118 valence electrons. The van der Waals surface area contributed by atoms with Crippen LogP contribution >= 0.6 is 0 Å². The number of halogens is 4. The standard InChI is InChI=1S/C11H10F4N6O/c1-5-6(9(12)21(2)20-5)4-16-19-10(22)7-3-8(18-17-7)11(13,14)15/h3-4H,1-2H3,(H,17,18)(H,19,22)/b16-4+. The van der Waals surface area contributed by atoms with Gasteiger partial charge in [0.1, 0.15) is 5.69 Å². The van der Waals surface area contributed by atoms with Gasteiger partial charge in [-0.1, -0.05) is 0 Å². The summed E-state index contributed by atoms with van der Waals surface area (Å²) in [4.78, 5) is 11.6. The van der Waals surface area contributed by atoms with E-state index >= 15 is 0 Å². The summed E-state index contributed by atoms with van der Waals surface area (Å²) in [5.74, 6) is -1.63. The fourth-order valence-corrected chi connectivity index (χ4v) is 1.59. The average Bonchev–Trinajstić information content (AvgIpc) is 2.99. The van der Waals surface area contributed by atoms with Crippen molar-refractivity contribution >= 4 is 12.1 Å². The molecule has 11 heteroatoms. The fraction of sp³-hybridized carbons (Fsp3) is 0.273. The molecule has 0 spiro atoms. The molecule has 0 bridgehead atoms. The Hall–Kier alpha value is -2.72. The van der Waals surface area contributed by atoms with Crippen molar-refractivity contribution in [3.63, 3.8) is 0 Å². The minimum absolute atomic E-state index is 0.0563. The van der Waals surface area contributed by atoms with Gasteiger partial charge in [0.2, 0.25) is 5.95 Å². The largest absolute Gasteiger partial charge is 0.432 e. The number of hydrogen-bond donors (Lipinski definition) is 2. The van der Waals surface area contributed by atoms with E-state index in [1.807, 2.05) is 5.43 Å². The Kier molecular flexibility index (Phi) is 3.97. The molecule has 0 aliphatic heterocycles. The van der Waals surface area contributed by atoms with Gasteiger partial charge in [0.05, 0.1) is 17.5 Å². The minimum atomic E-state index is -4.63. The third kappa shape index (κ3) is 3.13. The molecule has 1 amide bonds. The monoisotopic (exact) mass is 318 g/mol. The molecule has 0 fully saturated rings. The van der Waals surface area contributed by atoms with Crippen molar-refractivity contribution in [3.05, 3.63) is 34.7 Å². The Morgan fingerprint density at radius 2 is 2.18 bits per heavy atom. The second kappa shape index (κ2) is 5.58. The van der Waals surface area contributed by atoms with E-state index in [1.165, 1.54) is 14.0 Å². The highest BCUT2D eigenvalue weighted by atomic mass is 19.4. The molecular formula is C11H10F4N6O. The number of aromatic amines is 1. The maximum Gasteiger partial charge on any atom is 0.432 e. The molecule has 2 heterocycles. The van der Waals surface area contributed by atoms with Crippen molar-refractivity contribution in [2.45, 2.75) is 13.1 Å². The molecule has 22 heavy (non-hydrogen) atoms. The lowest BCUT2D eigenvalue weighted by molar-refractivity contribution is -0.141. The number of aryl methyl sites for hydroxylation is 2. The SMILES string of the molecule is Cc1nn(C)c(F)c1/C=N/NC(=O)c1cc(C(F)(F)F)[nH]n1. The van der Waals surface area contributed by atoms with Gasteiger partial charge in [-0.05, 0) is 6.92 Å². The molecule has 2 aromatic heterocycles. The lowest BCUT2D eigenvalue weighted by Crippen LogP contribution is -2.18. The van der Waals surface area contributed by atoms with Gasteiger partial charge in [-0.15, -0.1) is 0 Å². The zero-order valence-corrected chi connectivity index (χ0v) is 11.4. The summed E-state index contributed by atoms with van der Waals surface area (Å²) in [6.07, 6.45) is -3.63. The Labute approximate surface area is 121 Å². The maximum atomic E-state index is 13.6. The first-order valence-electron chi connectivity index (χ1n) is 5.85. The number of carbonyl (C=O) groups excluding carboxylic acids is 1. The van der Waals surface area contributed by atoms with E-state index < -0.39 is 29.4 Å². The molecule has 0 saturated carbocycles. The molecule has 0 aliphatic rings. The summed E-state index contributed by atoms with van der Waals surface area (Å²) in [5, 5.41) is 12.2. The van der Waals surface area contributed by atoms with Crippen LogP contribution in [0.5, 0.6) is 0 Å². The summed E-state index contributed by atoms with van der Waals surface area (Å²) >= 11 is 0. The number of amides is 1. The van der Waals surface area contributed by atoms with E-state index in [0.717, 1.165) is 10.9 Å². The highest BCUT2D eigenvalue weighted by Gasteiger charge is 2.33. The summed E-state index contributed by atoms with van der Waals surface area (Å²) in [5.41, 5.74) is 0.704. The topological polar surface area (TPSA) is 88.0 Å². The number of H-pyrrole nitrogens is 1. The number of hydrazone groups is 1.